The molecule has 1 aliphatic heterocycles. The number of carboxylic acid groups (broad SMARTS) is 2. The van der Waals surface area contributed by atoms with Crippen molar-refractivity contribution < 1.29 is 34.2 Å². The van der Waals surface area contributed by atoms with Gasteiger partial charge in [-0.3, -0.25) is 14.6 Å². The van der Waals surface area contributed by atoms with Gasteiger partial charge in [-0.15, -0.1) is 0 Å². The summed E-state index contributed by atoms with van der Waals surface area (Å²) in [6.07, 6.45) is 0.415. The van der Waals surface area contributed by atoms with E-state index in [1.807, 2.05) is 13.8 Å². The minimum atomic E-state index is -1.48. The molecule has 0 fully saturated rings. The number of aliphatic imine (C=N–C) groups is 1. The maximum atomic E-state index is 13.7. The smallest absolute Gasteiger partial charge is 0.326 e. The minimum Gasteiger partial charge on any atom is -0.548 e. The van der Waals surface area contributed by atoms with Crippen LogP contribution in [0, 0.1) is 5.92 Å². The Bertz CT molecular complexity index is 1350. The number of hydrogen-bond donors (Lipinski definition) is 7. The fourth-order valence-corrected chi connectivity index (χ4v) is 4.90. The largest absolute Gasteiger partial charge is 0.548 e. The van der Waals surface area contributed by atoms with Crippen LogP contribution in [0.25, 0.3) is 0 Å². The lowest BCUT2D eigenvalue weighted by atomic mass is 9.99. The second-order valence-corrected chi connectivity index (χ2v) is 11.2. The van der Waals surface area contributed by atoms with Crippen molar-refractivity contribution >= 4 is 35.7 Å². The Balaban J connectivity index is 1.77. The molecular formula is C31H40N7O7-. The maximum absolute atomic E-state index is 13.7. The van der Waals surface area contributed by atoms with E-state index in [4.69, 9.17) is 5.73 Å². The summed E-state index contributed by atoms with van der Waals surface area (Å²) in [6, 6.07) is 10.6. The molecule has 0 bridgehead atoms. The van der Waals surface area contributed by atoms with Crippen molar-refractivity contribution in [2.75, 3.05) is 6.54 Å². The van der Waals surface area contributed by atoms with Gasteiger partial charge in [0.15, 0.2) is 5.96 Å². The zero-order valence-corrected chi connectivity index (χ0v) is 25.2. The van der Waals surface area contributed by atoms with Crippen molar-refractivity contribution in [3.63, 3.8) is 0 Å². The van der Waals surface area contributed by atoms with Crippen LogP contribution in [0.4, 0.5) is 4.79 Å². The van der Waals surface area contributed by atoms with E-state index in [1.54, 1.807) is 60.7 Å². The molecule has 0 spiro atoms. The van der Waals surface area contributed by atoms with Gasteiger partial charge in [-0.2, -0.15) is 0 Å². The molecule has 0 aliphatic carbocycles. The lowest BCUT2D eigenvalue weighted by Crippen LogP contribution is -2.65. The monoisotopic (exact) mass is 622 g/mol. The molecule has 0 aromatic heterocycles. The Morgan fingerprint density at radius 3 is 1.93 bits per heavy atom. The first-order valence-electron chi connectivity index (χ1n) is 14.7. The van der Waals surface area contributed by atoms with Crippen molar-refractivity contribution in [3.05, 3.63) is 71.8 Å². The minimum absolute atomic E-state index is 0.000950. The Morgan fingerprint density at radius 1 is 0.867 bits per heavy atom. The Morgan fingerprint density at radius 2 is 1.42 bits per heavy atom. The number of nitrogens with one attached hydrogen (secondary N) is 5. The molecule has 2 aromatic rings. The predicted octanol–water partition coefficient (Wildman–Crippen LogP) is -0.965. The first-order chi connectivity index (χ1) is 21.4. The molecule has 0 saturated carbocycles. The molecule has 4 amide bonds. The van der Waals surface area contributed by atoms with Gasteiger partial charge < -0.3 is 47.3 Å². The average molecular weight is 623 g/mol. The summed E-state index contributed by atoms with van der Waals surface area (Å²) in [6.45, 7) is 3.91. The van der Waals surface area contributed by atoms with Crippen LogP contribution in [0.5, 0.6) is 0 Å². The lowest BCUT2D eigenvalue weighted by molar-refractivity contribution is -0.308. The molecule has 0 radical (unpaired) electrons. The molecule has 0 saturated heterocycles. The van der Waals surface area contributed by atoms with Crippen LogP contribution >= 0.6 is 0 Å². The van der Waals surface area contributed by atoms with Crippen LogP contribution in [0.15, 0.2) is 65.7 Å². The zero-order chi connectivity index (χ0) is 32.9. The SMILES string of the molecule is CC(C)C[C@H](NC(=O)[C@@H](NC(=O)N[C@@H](Cc1ccccc1)C(=O)O)[C@@H]1CCN=C(N)N1)C(=O)N[C@@H](Cc1ccccc1)C(=O)[O-]. The van der Waals surface area contributed by atoms with E-state index in [0.29, 0.717) is 11.1 Å². The zero-order valence-electron chi connectivity index (χ0n) is 25.2. The first kappa shape index (κ1) is 34.4. The summed E-state index contributed by atoms with van der Waals surface area (Å²) in [4.78, 5) is 68.0. The number of carboxylic acids is 2. The molecule has 242 valence electrons. The van der Waals surface area contributed by atoms with Gasteiger partial charge in [-0.1, -0.05) is 74.5 Å². The Kier molecular flexibility index (Phi) is 12.7. The molecular weight excluding hydrogens is 582 g/mol. The topological polar surface area (TPSA) is 227 Å². The van der Waals surface area contributed by atoms with E-state index in [9.17, 15) is 34.2 Å². The number of guanidine groups is 1. The third-order valence-electron chi connectivity index (χ3n) is 7.14. The van der Waals surface area contributed by atoms with Crippen LogP contribution in [-0.4, -0.2) is 77.6 Å². The molecule has 1 heterocycles. The van der Waals surface area contributed by atoms with Gasteiger partial charge in [0.2, 0.25) is 11.8 Å². The summed E-state index contributed by atoms with van der Waals surface area (Å²) in [5, 5.41) is 34.5. The van der Waals surface area contributed by atoms with Crippen LogP contribution < -0.4 is 37.4 Å². The summed E-state index contributed by atoms with van der Waals surface area (Å²) >= 11 is 0. The van der Waals surface area contributed by atoms with E-state index in [0.717, 1.165) is 0 Å². The highest BCUT2D eigenvalue weighted by molar-refractivity contribution is 5.94. The number of carbonyl (C=O) groups is 5. The van der Waals surface area contributed by atoms with E-state index >= 15 is 0 Å². The predicted molar refractivity (Wildman–Crippen MR) is 164 cm³/mol. The maximum Gasteiger partial charge on any atom is 0.326 e. The summed E-state index contributed by atoms with van der Waals surface area (Å²) in [5.74, 6) is -4.29. The first-order valence-corrected chi connectivity index (χ1v) is 14.7. The van der Waals surface area contributed by atoms with Crippen molar-refractivity contribution in [3.8, 4) is 0 Å². The molecule has 3 rings (SSSR count). The number of carbonyl (C=O) groups excluding carboxylic acids is 4. The van der Waals surface area contributed by atoms with Gasteiger partial charge in [0.05, 0.1) is 18.1 Å². The van der Waals surface area contributed by atoms with Gasteiger partial charge in [0.25, 0.3) is 0 Å². The highest BCUT2D eigenvalue weighted by Crippen LogP contribution is 2.11. The number of amides is 4. The average Bonchev–Trinajstić information content (AvgIpc) is 2.99. The van der Waals surface area contributed by atoms with Crippen LogP contribution in [-0.2, 0) is 32.0 Å². The number of benzene rings is 2. The van der Waals surface area contributed by atoms with E-state index in [2.05, 4.69) is 31.6 Å². The number of hydrogen-bond acceptors (Lipinski definition) is 9. The molecule has 1 aliphatic rings. The van der Waals surface area contributed by atoms with Crippen molar-refractivity contribution in [2.45, 2.75) is 69.7 Å². The number of aliphatic carboxylic acids is 2. The third kappa shape index (κ3) is 11.1. The van der Waals surface area contributed by atoms with Gasteiger partial charge in [-0.05, 0) is 36.3 Å². The fourth-order valence-electron chi connectivity index (χ4n) is 4.90. The number of urea groups is 1. The molecule has 2 aromatic carbocycles. The number of nitrogens with two attached hydrogens (primary N) is 1. The van der Waals surface area contributed by atoms with Gasteiger partial charge in [0.1, 0.15) is 18.1 Å². The van der Waals surface area contributed by atoms with Crippen LogP contribution in [0.1, 0.15) is 37.8 Å². The Labute approximate surface area is 261 Å². The van der Waals surface area contributed by atoms with Gasteiger partial charge in [0, 0.05) is 13.0 Å². The van der Waals surface area contributed by atoms with E-state index < -0.39 is 60.0 Å². The molecule has 45 heavy (non-hydrogen) atoms. The molecule has 8 N–H and O–H groups in total. The fraction of sp³-hybridized carbons (Fsp3) is 0.419. The van der Waals surface area contributed by atoms with Gasteiger partial charge >= 0.3 is 12.0 Å². The lowest BCUT2D eigenvalue weighted by Gasteiger charge is -2.32. The third-order valence-corrected chi connectivity index (χ3v) is 7.14. The molecule has 14 nitrogen and oxygen atoms in total. The highest BCUT2D eigenvalue weighted by atomic mass is 16.4. The Hall–Kier alpha value is -5.14. The van der Waals surface area contributed by atoms with Crippen molar-refractivity contribution in [2.24, 2.45) is 16.6 Å². The highest BCUT2D eigenvalue weighted by Gasteiger charge is 2.35. The van der Waals surface area contributed by atoms with Crippen molar-refractivity contribution in [1.29, 1.82) is 0 Å². The molecule has 5 atom stereocenters. The summed E-state index contributed by atoms with van der Waals surface area (Å²) < 4.78 is 0. The number of nitrogens with zero attached hydrogens (tertiary/aromatic N) is 1. The summed E-state index contributed by atoms with van der Waals surface area (Å²) in [5.41, 5.74) is 7.19. The number of rotatable bonds is 15. The summed E-state index contributed by atoms with van der Waals surface area (Å²) in [7, 11) is 0. The van der Waals surface area contributed by atoms with E-state index in [1.165, 1.54) is 0 Å². The molecule has 14 heteroatoms. The van der Waals surface area contributed by atoms with Crippen molar-refractivity contribution in [1.82, 2.24) is 26.6 Å². The molecule has 0 unspecified atom stereocenters. The second-order valence-electron chi connectivity index (χ2n) is 11.2. The normalized spacial score (nSPS) is 17.0. The van der Waals surface area contributed by atoms with Crippen LogP contribution in [0.3, 0.4) is 0 Å². The van der Waals surface area contributed by atoms with Gasteiger partial charge in [-0.25, -0.2) is 9.59 Å². The quantitative estimate of drug-likeness (QED) is 0.130. The van der Waals surface area contributed by atoms with E-state index in [-0.39, 0.29) is 44.1 Å². The van der Waals surface area contributed by atoms with Crippen LogP contribution in [0.2, 0.25) is 0 Å². The standard InChI is InChI=1S/C31H41N7O7/c1-18(2)15-22(26(39)35-23(28(41)42)16-19-9-5-3-6-10-19)34-27(40)25(21-13-14-33-30(32)36-21)38-31(45)37-24(29(43)44)17-20-11-7-4-8-12-20/h3-12,18,21-25H,13-17H2,1-2H3,(H,34,40)(H,35,39)(H,41,42)(H,43,44)(H3,32,33,36)(H2,37,38,45)/p-1/t21-,22-,23-,24-,25-/m0/s1. The second kappa shape index (κ2) is 16.6.